The van der Waals surface area contributed by atoms with E-state index in [0.717, 1.165) is 13.1 Å². The quantitative estimate of drug-likeness (QED) is 0.861. The van der Waals surface area contributed by atoms with Crippen LogP contribution in [0.1, 0.15) is 17.3 Å². The third kappa shape index (κ3) is 2.66. The van der Waals surface area contributed by atoms with Gasteiger partial charge in [0.15, 0.2) is 0 Å². The van der Waals surface area contributed by atoms with Crippen molar-refractivity contribution in [1.29, 1.82) is 0 Å². The Hall–Kier alpha value is -0.940. The molecule has 1 unspecified atom stereocenters. The first-order valence-electron chi connectivity index (χ1n) is 5.56. The second-order valence-corrected chi connectivity index (χ2v) is 5.03. The highest BCUT2D eigenvalue weighted by atomic mass is 79.9. The maximum Gasteiger partial charge on any atom is 0.254 e. The van der Waals surface area contributed by atoms with Gasteiger partial charge in [0, 0.05) is 31.2 Å². The van der Waals surface area contributed by atoms with Gasteiger partial charge >= 0.3 is 0 Å². The number of nitrogens with zero attached hydrogens (tertiary/aromatic N) is 1. The molecule has 1 heterocycles. The van der Waals surface area contributed by atoms with E-state index in [4.69, 9.17) is 0 Å². The molecule has 1 aliphatic rings. The van der Waals surface area contributed by atoms with Gasteiger partial charge in [-0.25, -0.2) is 4.39 Å². The highest BCUT2D eigenvalue weighted by Crippen LogP contribution is 2.19. The molecular weight excluding hydrogens is 287 g/mol. The van der Waals surface area contributed by atoms with Gasteiger partial charge in [0.25, 0.3) is 5.91 Å². The Kier molecular flexibility index (Phi) is 3.79. The lowest BCUT2D eigenvalue weighted by atomic mass is 10.1. The molecule has 17 heavy (non-hydrogen) atoms. The lowest BCUT2D eigenvalue weighted by Crippen LogP contribution is -2.52. The van der Waals surface area contributed by atoms with Crippen LogP contribution in [0.15, 0.2) is 22.7 Å². The van der Waals surface area contributed by atoms with E-state index >= 15 is 0 Å². The molecule has 0 saturated carbocycles. The molecule has 1 atom stereocenters. The minimum Gasteiger partial charge on any atom is -0.333 e. The molecule has 1 aromatic rings. The third-order valence-corrected chi connectivity index (χ3v) is 3.54. The van der Waals surface area contributed by atoms with Crippen molar-refractivity contribution in [2.24, 2.45) is 0 Å². The number of rotatable bonds is 1. The molecule has 1 amide bonds. The minimum absolute atomic E-state index is 0.0419. The maximum atomic E-state index is 13.1. The molecule has 3 nitrogen and oxygen atoms in total. The van der Waals surface area contributed by atoms with Gasteiger partial charge in [-0.1, -0.05) is 0 Å². The van der Waals surface area contributed by atoms with Crippen molar-refractivity contribution in [3.8, 4) is 0 Å². The third-order valence-electron chi connectivity index (χ3n) is 2.93. The van der Waals surface area contributed by atoms with Crippen molar-refractivity contribution in [2.45, 2.75) is 13.0 Å². The molecule has 0 aliphatic carbocycles. The van der Waals surface area contributed by atoms with Gasteiger partial charge in [-0.2, -0.15) is 0 Å². The fourth-order valence-electron chi connectivity index (χ4n) is 1.94. The molecule has 1 aliphatic heterocycles. The molecule has 5 heteroatoms. The SMILES string of the molecule is CC1CNCCN1C(=O)c1ccc(F)c(Br)c1. The fourth-order valence-corrected chi connectivity index (χ4v) is 2.32. The van der Waals surface area contributed by atoms with E-state index in [0.29, 0.717) is 16.6 Å². The first-order valence-corrected chi connectivity index (χ1v) is 6.35. The van der Waals surface area contributed by atoms with Crippen LogP contribution < -0.4 is 5.32 Å². The number of carbonyl (C=O) groups excluding carboxylic acids is 1. The Morgan fingerprint density at radius 3 is 3.00 bits per heavy atom. The average Bonchev–Trinajstić information content (AvgIpc) is 2.32. The zero-order chi connectivity index (χ0) is 12.4. The summed E-state index contributed by atoms with van der Waals surface area (Å²) >= 11 is 3.10. The van der Waals surface area contributed by atoms with Crippen LogP contribution in [-0.2, 0) is 0 Å². The first-order chi connectivity index (χ1) is 8.09. The molecule has 1 saturated heterocycles. The number of hydrogen-bond acceptors (Lipinski definition) is 2. The largest absolute Gasteiger partial charge is 0.333 e. The van der Waals surface area contributed by atoms with E-state index in [2.05, 4.69) is 21.2 Å². The zero-order valence-corrected chi connectivity index (χ0v) is 11.1. The van der Waals surface area contributed by atoms with Crippen molar-refractivity contribution in [3.63, 3.8) is 0 Å². The zero-order valence-electron chi connectivity index (χ0n) is 9.54. The molecule has 92 valence electrons. The number of piperazine rings is 1. The Balaban J connectivity index is 2.21. The van der Waals surface area contributed by atoms with Crippen LogP contribution in [0.4, 0.5) is 4.39 Å². The number of carbonyl (C=O) groups is 1. The Morgan fingerprint density at radius 2 is 2.35 bits per heavy atom. The summed E-state index contributed by atoms with van der Waals surface area (Å²) in [6.45, 7) is 4.30. The summed E-state index contributed by atoms with van der Waals surface area (Å²) in [5.74, 6) is -0.394. The number of hydrogen-bond donors (Lipinski definition) is 1. The van der Waals surface area contributed by atoms with Crippen LogP contribution in [0.25, 0.3) is 0 Å². The van der Waals surface area contributed by atoms with Crippen LogP contribution in [0.3, 0.4) is 0 Å². The Morgan fingerprint density at radius 1 is 1.59 bits per heavy atom. The normalized spacial score (nSPS) is 20.4. The van der Waals surface area contributed by atoms with Crippen molar-refractivity contribution in [2.75, 3.05) is 19.6 Å². The summed E-state index contributed by atoms with van der Waals surface area (Å²) in [6, 6.07) is 4.54. The Labute approximate surface area is 108 Å². The van der Waals surface area contributed by atoms with E-state index in [1.807, 2.05) is 11.8 Å². The van der Waals surface area contributed by atoms with Gasteiger partial charge in [0.1, 0.15) is 5.82 Å². The highest BCUT2D eigenvalue weighted by Gasteiger charge is 2.24. The number of nitrogens with one attached hydrogen (secondary N) is 1. The van der Waals surface area contributed by atoms with Gasteiger partial charge in [0.05, 0.1) is 4.47 Å². The average molecular weight is 301 g/mol. The summed E-state index contributed by atoms with van der Waals surface area (Å²) in [5.41, 5.74) is 0.520. The molecule has 0 aromatic heterocycles. The summed E-state index contributed by atoms with van der Waals surface area (Å²) in [6.07, 6.45) is 0. The predicted molar refractivity (Wildman–Crippen MR) is 67.5 cm³/mol. The molecule has 0 bridgehead atoms. The second kappa shape index (κ2) is 5.14. The number of amides is 1. The monoisotopic (exact) mass is 300 g/mol. The van der Waals surface area contributed by atoms with Crippen LogP contribution in [-0.4, -0.2) is 36.5 Å². The van der Waals surface area contributed by atoms with Crippen LogP contribution in [0, 0.1) is 5.82 Å². The predicted octanol–water partition coefficient (Wildman–Crippen LogP) is 2.02. The minimum atomic E-state index is -0.352. The van der Waals surface area contributed by atoms with E-state index in [1.165, 1.54) is 18.2 Å². The van der Waals surface area contributed by atoms with Crippen LogP contribution in [0.5, 0.6) is 0 Å². The smallest absolute Gasteiger partial charge is 0.254 e. The molecule has 0 spiro atoms. The van der Waals surface area contributed by atoms with Crippen LogP contribution in [0.2, 0.25) is 0 Å². The highest BCUT2D eigenvalue weighted by molar-refractivity contribution is 9.10. The van der Waals surface area contributed by atoms with Crippen molar-refractivity contribution < 1.29 is 9.18 Å². The van der Waals surface area contributed by atoms with Crippen LogP contribution >= 0.6 is 15.9 Å². The second-order valence-electron chi connectivity index (χ2n) is 4.18. The van der Waals surface area contributed by atoms with Gasteiger partial charge in [-0.3, -0.25) is 4.79 Å². The van der Waals surface area contributed by atoms with Crippen molar-refractivity contribution in [3.05, 3.63) is 34.1 Å². The maximum absolute atomic E-state index is 13.1. The van der Waals surface area contributed by atoms with Crippen molar-refractivity contribution >= 4 is 21.8 Å². The molecule has 2 rings (SSSR count). The summed E-state index contributed by atoms with van der Waals surface area (Å²) in [7, 11) is 0. The fraction of sp³-hybridized carbons (Fsp3) is 0.417. The lowest BCUT2D eigenvalue weighted by Gasteiger charge is -2.34. The number of halogens is 2. The molecular formula is C12H14BrFN2O. The van der Waals surface area contributed by atoms with E-state index < -0.39 is 0 Å². The standard InChI is InChI=1S/C12H14BrFN2O/c1-8-7-15-4-5-16(8)12(17)9-2-3-11(14)10(13)6-9/h2-3,6,8,15H,4-5,7H2,1H3. The van der Waals surface area contributed by atoms with E-state index in [9.17, 15) is 9.18 Å². The van der Waals surface area contributed by atoms with Gasteiger partial charge < -0.3 is 10.2 Å². The number of benzene rings is 1. The van der Waals surface area contributed by atoms with Gasteiger partial charge in [-0.05, 0) is 41.1 Å². The summed E-state index contributed by atoms with van der Waals surface area (Å²) in [5, 5.41) is 3.23. The van der Waals surface area contributed by atoms with Gasteiger partial charge in [0.2, 0.25) is 0 Å². The topological polar surface area (TPSA) is 32.3 Å². The molecule has 1 fully saturated rings. The lowest BCUT2D eigenvalue weighted by molar-refractivity contribution is 0.0655. The van der Waals surface area contributed by atoms with Crippen molar-refractivity contribution in [1.82, 2.24) is 10.2 Å². The first kappa shape index (κ1) is 12.5. The molecule has 0 radical (unpaired) electrons. The van der Waals surface area contributed by atoms with E-state index in [1.54, 1.807) is 0 Å². The molecule has 1 N–H and O–H groups in total. The van der Waals surface area contributed by atoms with Gasteiger partial charge in [-0.15, -0.1) is 0 Å². The summed E-state index contributed by atoms with van der Waals surface area (Å²) < 4.78 is 13.4. The molecule has 1 aromatic carbocycles. The van der Waals surface area contributed by atoms with E-state index in [-0.39, 0.29) is 17.8 Å². The Bertz CT molecular complexity index is 439. The summed E-state index contributed by atoms with van der Waals surface area (Å²) in [4.78, 5) is 14.0.